The highest BCUT2D eigenvalue weighted by Gasteiger charge is 2.28. The van der Waals surface area contributed by atoms with E-state index in [0.717, 1.165) is 0 Å². The van der Waals surface area contributed by atoms with Crippen LogP contribution < -0.4 is 20.9 Å². The molecule has 33 heavy (non-hydrogen) atoms. The van der Waals surface area contributed by atoms with E-state index in [9.17, 15) is 27.1 Å². The van der Waals surface area contributed by atoms with Gasteiger partial charge < -0.3 is 26.1 Å². The number of hydrogen-bond donors (Lipinski definition) is 4. The third kappa shape index (κ3) is 8.14. The fourth-order valence-corrected chi connectivity index (χ4v) is 4.11. The molecule has 0 saturated carbocycles. The molecule has 0 aromatic heterocycles. The lowest BCUT2D eigenvalue weighted by Crippen LogP contribution is -2.42. The second-order valence-electron chi connectivity index (χ2n) is 6.61. The highest BCUT2D eigenvalue weighted by molar-refractivity contribution is 9.10. The molecule has 2 aromatic rings. The number of rotatable bonds is 12. The first-order valence-electron chi connectivity index (χ1n) is 9.32. The minimum Gasteiger partial charge on any atom is -0.493 e. The summed E-state index contributed by atoms with van der Waals surface area (Å²) in [6.07, 6.45) is 0.246. The fraction of sp³-hybridized carbons (Fsp3) is 0.263. The molecule has 10 nitrogen and oxygen atoms in total. The van der Waals surface area contributed by atoms with Crippen molar-refractivity contribution < 1.29 is 36.7 Å². The Balaban J connectivity index is 2.00. The van der Waals surface area contributed by atoms with Gasteiger partial charge in [0.25, 0.3) is 0 Å². The number of oxime groups is 1. The number of nitrogens with two attached hydrogens (primary N) is 2. The molecule has 2 rings (SSSR count). The molecular weight excluding hydrogens is 530 g/mol. The number of carboxylic acid groups (broad SMARTS) is 1. The van der Waals surface area contributed by atoms with Crippen molar-refractivity contribution in [3.8, 4) is 5.75 Å². The summed E-state index contributed by atoms with van der Waals surface area (Å²) in [5.74, 6) is -3.44. The highest BCUT2D eigenvalue weighted by atomic mass is 79.9. The number of carboxylic acids is 1. The number of carbonyl (C=O) groups is 1. The second kappa shape index (κ2) is 11.8. The van der Waals surface area contributed by atoms with Gasteiger partial charge in [0, 0.05) is 6.42 Å². The molecule has 1 atom stereocenters. The van der Waals surface area contributed by atoms with Crippen molar-refractivity contribution in [2.45, 2.75) is 23.8 Å². The van der Waals surface area contributed by atoms with Gasteiger partial charge in [-0.1, -0.05) is 12.1 Å². The zero-order valence-corrected chi connectivity index (χ0v) is 19.4. The quantitative estimate of drug-likeness (QED) is 0.102. The van der Waals surface area contributed by atoms with E-state index >= 15 is 0 Å². The van der Waals surface area contributed by atoms with Crippen molar-refractivity contribution >= 4 is 37.9 Å². The Bertz CT molecular complexity index is 1110. The van der Waals surface area contributed by atoms with Crippen LogP contribution >= 0.6 is 15.9 Å². The van der Waals surface area contributed by atoms with Crippen molar-refractivity contribution in [1.82, 2.24) is 4.72 Å². The monoisotopic (exact) mass is 550 g/mol. The predicted molar refractivity (Wildman–Crippen MR) is 118 cm³/mol. The van der Waals surface area contributed by atoms with Crippen LogP contribution in [-0.2, 0) is 26.1 Å². The van der Waals surface area contributed by atoms with E-state index in [-0.39, 0.29) is 23.5 Å². The maximum atomic E-state index is 14.1. The maximum absolute atomic E-state index is 14.1. The number of halogens is 3. The zero-order valence-electron chi connectivity index (χ0n) is 17.0. The van der Waals surface area contributed by atoms with E-state index in [2.05, 4.69) is 21.1 Å². The number of guanidine groups is 1. The zero-order chi connectivity index (χ0) is 24.6. The van der Waals surface area contributed by atoms with Crippen molar-refractivity contribution in [1.29, 1.82) is 0 Å². The van der Waals surface area contributed by atoms with Gasteiger partial charge in [0.05, 0.1) is 11.1 Å². The van der Waals surface area contributed by atoms with Gasteiger partial charge in [-0.05, 0) is 57.3 Å². The van der Waals surface area contributed by atoms with E-state index in [1.165, 1.54) is 0 Å². The molecule has 0 heterocycles. The molecule has 0 fully saturated rings. The molecule has 180 valence electrons. The minimum atomic E-state index is -4.66. The van der Waals surface area contributed by atoms with Gasteiger partial charge in [-0.2, -0.15) is 4.72 Å². The summed E-state index contributed by atoms with van der Waals surface area (Å²) >= 11 is 2.75. The number of sulfonamides is 1. The summed E-state index contributed by atoms with van der Waals surface area (Å²) in [7, 11) is -4.66. The molecule has 0 aliphatic rings. The van der Waals surface area contributed by atoms with E-state index < -0.39 is 38.6 Å². The molecule has 0 unspecified atom stereocenters. The largest absolute Gasteiger partial charge is 0.493 e. The minimum absolute atomic E-state index is 0.192. The van der Waals surface area contributed by atoms with E-state index in [4.69, 9.17) is 21.0 Å². The van der Waals surface area contributed by atoms with Gasteiger partial charge in [-0.3, -0.25) is 4.79 Å². The smallest absolute Gasteiger partial charge is 0.322 e. The average molecular weight is 551 g/mol. The Morgan fingerprint density at radius 2 is 1.82 bits per heavy atom. The number of aliphatic carboxylic acids is 1. The van der Waals surface area contributed by atoms with Gasteiger partial charge in [-0.15, -0.1) is 0 Å². The molecule has 0 saturated heterocycles. The van der Waals surface area contributed by atoms with Crippen LogP contribution in [0.25, 0.3) is 0 Å². The van der Waals surface area contributed by atoms with Gasteiger partial charge in [0.15, 0.2) is 0 Å². The summed E-state index contributed by atoms with van der Waals surface area (Å²) < 4.78 is 59.8. The SMILES string of the molecule is NC(N)=NOCCCOc1ccc(C[C@H](NS(=O)(=O)c2cc(F)c(Br)cc2F)C(=O)O)cc1. The number of benzene rings is 2. The topological polar surface area (TPSA) is 166 Å². The molecule has 6 N–H and O–H groups in total. The Morgan fingerprint density at radius 1 is 1.15 bits per heavy atom. The van der Waals surface area contributed by atoms with Crippen LogP contribution in [0.5, 0.6) is 5.75 Å². The Labute approximate surface area is 196 Å². The normalized spacial score (nSPS) is 12.1. The molecule has 0 radical (unpaired) electrons. The molecule has 0 aliphatic heterocycles. The number of hydrogen-bond acceptors (Lipinski definition) is 6. The first-order valence-corrected chi connectivity index (χ1v) is 11.6. The molecule has 0 aliphatic carbocycles. The van der Waals surface area contributed by atoms with Gasteiger partial charge >= 0.3 is 5.97 Å². The Morgan fingerprint density at radius 3 is 2.42 bits per heavy atom. The van der Waals surface area contributed by atoms with Gasteiger partial charge in [0.1, 0.15) is 34.9 Å². The van der Waals surface area contributed by atoms with E-state index in [0.29, 0.717) is 36.5 Å². The summed E-state index contributed by atoms with van der Waals surface area (Å²) in [6.45, 7) is 0.533. The molecule has 0 bridgehead atoms. The first-order chi connectivity index (χ1) is 15.5. The predicted octanol–water partition coefficient (Wildman–Crippen LogP) is 1.68. The third-order valence-corrected chi connectivity index (χ3v) is 6.14. The Hall–Kier alpha value is -2.97. The number of ether oxygens (including phenoxy) is 1. The maximum Gasteiger partial charge on any atom is 0.322 e. The van der Waals surface area contributed by atoms with Crippen LogP contribution in [0.4, 0.5) is 8.78 Å². The molecule has 14 heteroatoms. The van der Waals surface area contributed by atoms with E-state index in [1.54, 1.807) is 24.3 Å². The molecule has 0 spiro atoms. The fourth-order valence-electron chi connectivity index (χ4n) is 2.53. The molecular formula is C19H21BrF2N4O6S. The van der Waals surface area contributed by atoms with Crippen molar-refractivity contribution in [2.24, 2.45) is 16.6 Å². The van der Waals surface area contributed by atoms with Crippen molar-refractivity contribution in [2.75, 3.05) is 13.2 Å². The van der Waals surface area contributed by atoms with Crippen LogP contribution in [0.15, 0.2) is 50.9 Å². The summed E-state index contributed by atoms with van der Waals surface area (Å²) in [5, 5.41) is 12.8. The van der Waals surface area contributed by atoms with Crippen LogP contribution in [0.3, 0.4) is 0 Å². The summed E-state index contributed by atoms with van der Waals surface area (Å²) in [6, 6.07) is 5.73. The van der Waals surface area contributed by atoms with Gasteiger partial charge in [-0.25, -0.2) is 17.2 Å². The molecule has 2 aromatic carbocycles. The van der Waals surface area contributed by atoms with Crippen LogP contribution in [0.1, 0.15) is 12.0 Å². The lowest BCUT2D eigenvalue weighted by molar-refractivity contribution is -0.138. The van der Waals surface area contributed by atoms with Crippen molar-refractivity contribution in [3.63, 3.8) is 0 Å². The average Bonchev–Trinajstić information content (AvgIpc) is 2.73. The van der Waals surface area contributed by atoms with Crippen molar-refractivity contribution in [3.05, 3.63) is 58.1 Å². The number of nitrogens with zero attached hydrogens (tertiary/aromatic N) is 1. The lowest BCUT2D eigenvalue weighted by Gasteiger charge is -2.16. The van der Waals surface area contributed by atoms with Crippen LogP contribution in [0, 0.1) is 11.6 Å². The summed E-state index contributed by atoms with van der Waals surface area (Å²) in [5.41, 5.74) is 10.7. The number of nitrogens with one attached hydrogen (secondary N) is 1. The second-order valence-corrected chi connectivity index (χ2v) is 9.15. The van der Waals surface area contributed by atoms with Gasteiger partial charge in [0.2, 0.25) is 16.0 Å². The van der Waals surface area contributed by atoms with Crippen LogP contribution in [0.2, 0.25) is 0 Å². The standard InChI is InChI=1S/C19H21BrF2N4O6S/c20-13-9-15(22)17(10-14(13)21)33(29,30)26-16(18(27)28)8-11-2-4-12(5-3-11)31-6-1-7-32-25-19(23)24/h2-5,9-10,16,26H,1,6-8H2,(H,27,28)(H4,23,24,25)/t16-/m0/s1. The Kier molecular flexibility index (Phi) is 9.37. The lowest BCUT2D eigenvalue weighted by atomic mass is 10.1. The highest BCUT2D eigenvalue weighted by Crippen LogP contribution is 2.23. The third-order valence-electron chi connectivity index (χ3n) is 4.04. The van der Waals surface area contributed by atoms with E-state index in [1.807, 2.05) is 4.72 Å². The van der Waals surface area contributed by atoms with Crippen LogP contribution in [-0.4, -0.2) is 44.7 Å². The first kappa shape index (κ1) is 26.3. The summed E-state index contributed by atoms with van der Waals surface area (Å²) in [4.78, 5) is 15.4. The molecule has 0 amide bonds.